The Morgan fingerprint density at radius 3 is 2.14 bits per heavy atom. The molecule has 1 aliphatic heterocycles. The van der Waals surface area contributed by atoms with Crippen LogP contribution in [0.25, 0.3) is 0 Å². The second kappa shape index (κ2) is 9.76. The third-order valence-electron chi connectivity index (χ3n) is 5.19. The summed E-state index contributed by atoms with van der Waals surface area (Å²) in [7, 11) is 3.30. The third-order valence-corrected chi connectivity index (χ3v) is 5.19. The topological polar surface area (TPSA) is 54.0 Å². The molecule has 1 aliphatic rings. The standard InChI is InChI=1S/C23H31N3O3/c1-17-11-18(2)13-20(12-17)24-23(27)16-26-9-7-25(8-10-26)15-19-5-6-21(28-3)22(14-19)29-4/h5-6,11-14H,7-10,15-16H2,1-4H3,(H,24,27). The zero-order valence-corrected chi connectivity index (χ0v) is 17.8. The van der Waals surface area contributed by atoms with Gasteiger partial charge >= 0.3 is 0 Å². The zero-order valence-electron chi connectivity index (χ0n) is 17.8. The highest BCUT2D eigenvalue weighted by Gasteiger charge is 2.19. The first kappa shape index (κ1) is 21.1. The van der Waals surface area contributed by atoms with E-state index >= 15 is 0 Å². The summed E-state index contributed by atoms with van der Waals surface area (Å²) in [6, 6.07) is 12.2. The number of nitrogens with zero attached hydrogens (tertiary/aromatic N) is 2. The minimum absolute atomic E-state index is 0.0448. The Bertz CT molecular complexity index is 825. The van der Waals surface area contributed by atoms with Gasteiger partial charge in [-0.15, -0.1) is 0 Å². The van der Waals surface area contributed by atoms with Crippen molar-refractivity contribution in [2.24, 2.45) is 0 Å². The molecule has 1 fully saturated rings. The fraction of sp³-hybridized carbons (Fsp3) is 0.435. The Labute approximate surface area is 173 Å². The van der Waals surface area contributed by atoms with Crippen LogP contribution in [0.2, 0.25) is 0 Å². The summed E-state index contributed by atoms with van der Waals surface area (Å²) < 4.78 is 10.7. The molecule has 156 valence electrons. The van der Waals surface area contributed by atoms with Crippen molar-refractivity contribution < 1.29 is 14.3 Å². The number of aryl methyl sites for hydroxylation is 2. The molecular weight excluding hydrogens is 366 g/mol. The second-order valence-corrected chi connectivity index (χ2v) is 7.67. The van der Waals surface area contributed by atoms with E-state index in [0.29, 0.717) is 6.54 Å². The lowest BCUT2D eigenvalue weighted by atomic mass is 10.1. The maximum Gasteiger partial charge on any atom is 0.238 e. The molecule has 1 N–H and O–H groups in total. The average molecular weight is 398 g/mol. The predicted molar refractivity (Wildman–Crippen MR) is 116 cm³/mol. The smallest absolute Gasteiger partial charge is 0.238 e. The second-order valence-electron chi connectivity index (χ2n) is 7.67. The number of methoxy groups -OCH3 is 2. The highest BCUT2D eigenvalue weighted by Crippen LogP contribution is 2.28. The van der Waals surface area contributed by atoms with Crippen LogP contribution in [0, 0.1) is 13.8 Å². The van der Waals surface area contributed by atoms with Crippen LogP contribution in [0.15, 0.2) is 36.4 Å². The van der Waals surface area contributed by atoms with Crippen molar-refractivity contribution >= 4 is 11.6 Å². The van der Waals surface area contributed by atoms with Crippen molar-refractivity contribution in [2.45, 2.75) is 20.4 Å². The summed E-state index contributed by atoms with van der Waals surface area (Å²) in [5, 5.41) is 3.03. The average Bonchev–Trinajstić information content (AvgIpc) is 2.68. The van der Waals surface area contributed by atoms with Gasteiger partial charge in [-0.1, -0.05) is 12.1 Å². The van der Waals surface area contributed by atoms with Crippen LogP contribution >= 0.6 is 0 Å². The SMILES string of the molecule is COc1ccc(CN2CCN(CC(=O)Nc3cc(C)cc(C)c3)CC2)cc1OC. The Balaban J connectivity index is 1.47. The van der Waals surface area contributed by atoms with Gasteiger partial charge in [0.25, 0.3) is 0 Å². The molecular formula is C23H31N3O3. The third kappa shape index (κ3) is 5.95. The minimum Gasteiger partial charge on any atom is -0.493 e. The van der Waals surface area contributed by atoms with E-state index in [9.17, 15) is 4.79 Å². The van der Waals surface area contributed by atoms with Crippen molar-refractivity contribution in [3.63, 3.8) is 0 Å². The molecule has 0 bridgehead atoms. The Morgan fingerprint density at radius 2 is 1.52 bits per heavy atom. The van der Waals surface area contributed by atoms with Gasteiger partial charge in [-0.3, -0.25) is 14.6 Å². The summed E-state index contributed by atoms with van der Waals surface area (Å²) in [5.74, 6) is 1.55. The summed E-state index contributed by atoms with van der Waals surface area (Å²) in [6.45, 7) is 9.01. The highest BCUT2D eigenvalue weighted by molar-refractivity contribution is 5.92. The first-order chi connectivity index (χ1) is 14.0. The van der Waals surface area contributed by atoms with Crippen molar-refractivity contribution in [3.8, 4) is 11.5 Å². The molecule has 2 aromatic rings. The lowest BCUT2D eigenvalue weighted by molar-refractivity contribution is -0.117. The van der Waals surface area contributed by atoms with Crippen LogP contribution in [0.1, 0.15) is 16.7 Å². The Morgan fingerprint density at radius 1 is 0.897 bits per heavy atom. The molecule has 1 saturated heterocycles. The molecule has 3 rings (SSSR count). The van der Waals surface area contributed by atoms with Crippen LogP contribution in [-0.2, 0) is 11.3 Å². The summed E-state index contributed by atoms with van der Waals surface area (Å²) in [6.07, 6.45) is 0. The number of carbonyl (C=O) groups excluding carboxylic acids is 1. The van der Waals surface area contributed by atoms with Gasteiger partial charge in [-0.05, 0) is 54.8 Å². The van der Waals surface area contributed by atoms with E-state index < -0.39 is 0 Å². The molecule has 2 aromatic carbocycles. The summed E-state index contributed by atoms with van der Waals surface area (Å²) in [5.41, 5.74) is 4.39. The molecule has 0 unspecified atom stereocenters. The molecule has 0 atom stereocenters. The van der Waals surface area contributed by atoms with Gasteiger partial charge in [0.05, 0.1) is 20.8 Å². The van der Waals surface area contributed by atoms with Gasteiger partial charge in [0.2, 0.25) is 5.91 Å². The normalized spacial score (nSPS) is 15.2. The predicted octanol–water partition coefficient (Wildman–Crippen LogP) is 3.08. The fourth-order valence-corrected chi connectivity index (χ4v) is 3.79. The van der Waals surface area contributed by atoms with Crippen LogP contribution in [0.5, 0.6) is 11.5 Å². The molecule has 6 nitrogen and oxygen atoms in total. The molecule has 0 spiro atoms. The maximum atomic E-state index is 12.4. The first-order valence-electron chi connectivity index (χ1n) is 10.0. The van der Waals surface area contributed by atoms with E-state index in [1.807, 2.05) is 38.1 Å². The van der Waals surface area contributed by atoms with Crippen LogP contribution in [0.4, 0.5) is 5.69 Å². The van der Waals surface area contributed by atoms with Crippen LogP contribution < -0.4 is 14.8 Å². The zero-order chi connectivity index (χ0) is 20.8. The van der Waals surface area contributed by atoms with Gasteiger partial charge in [0.15, 0.2) is 11.5 Å². The monoisotopic (exact) mass is 397 g/mol. The summed E-state index contributed by atoms with van der Waals surface area (Å²) >= 11 is 0. The van der Waals surface area contributed by atoms with Crippen molar-refractivity contribution in [1.82, 2.24) is 9.80 Å². The molecule has 0 aromatic heterocycles. The number of rotatable bonds is 7. The number of ether oxygens (including phenoxy) is 2. The number of hydrogen-bond donors (Lipinski definition) is 1. The van der Waals surface area contributed by atoms with Gasteiger partial charge in [0.1, 0.15) is 0 Å². The lowest BCUT2D eigenvalue weighted by Gasteiger charge is -2.34. The number of piperazine rings is 1. The molecule has 0 radical (unpaired) electrons. The molecule has 0 aliphatic carbocycles. The number of carbonyl (C=O) groups is 1. The van der Waals surface area contributed by atoms with Gasteiger partial charge in [0, 0.05) is 38.4 Å². The number of nitrogens with one attached hydrogen (secondary N) is 1. The first-order valence-corrected chi connectivity index (χ1v) is 10.0. The highest BCUT2D eigenvalue weighted by atomic mass is 16.5. The molecule has 6 heteroatoms. The van der Waals surface area contributed by atoms with E-state index in [1.165, 1.54) is 5.56 Å². The Kier molecular flexibility index (Phi) is 7.12. The van der Waals surface area contributed by atoms with Gasteiger partial charge in [-0.25, -0.2) is 0 Å². The van der Waals surface area contributed by atoms with Crippen LogP contribution in [-0.4, -0.2) is 62.7 Å². The quantitative estimate of drug-likeness (QED) is 0.778. The van der Waals surface area contributed by atoms with E-state index in [2.05, 4.69) is 27.2 Å². The minimum atomic E-state index is 0.0448. The number of benzene rings is 2. The van der Waals surface area contributed by atoms with E-state index in [-0.39, 0.29) is 5.91 Å². The molecule has 1 amide bonds. The van der Waals surface area contributed by atoms with Gasteiger partial charge < -0.3 is 14.8 Å². The van der Waals surface area contributed by atoms with E-state index in [4.69, 9.17) is 9.47 Å². The largest absolute Gasteiger partial charge is 0.493 e. The molecule has 1 heterocycles. The van der Waals surface area contributed by atoms with Crippen molar-refractivity contribution in [1.29, 1.82) is 0 Å². The number of hydrogen-bond acceptors (Lipinski definition) is 5. The summed E-state index contributed by atoms with van der Waals surface area (Å²) in [4.78, 5) is 17.0. The van der Waals surface area contributed by atoms with E-state index in [1.54, 1.807) is 14.2 Å². The van der Waals surface area contributed by atoms with Crippen molar-refractivity contribution in [3.05, 3.63) is 53.1 Å². The fourth-order valence-electron chi connectivity index (χ4n) is 3.79. The lowest BCUT2D eigenvalue weighted by Crippen LogP contribution is -2.48. The van der Waals surface area contributed by atoms with Crippen molar-refractivity contribution in [2.75, 3.05) is 52.3 Å². The van der Waals surface area contributed by atoms with Crippen LogP contribution in [0.3, 0.4) is 0 Å². The van der Waals surface area contributed by atoms with E-state index in [0.717, 1.165) is 61.0 Å². The number of anilines is 1. The Hall–Kier alpha value is -2.57. The number of amides is 1. The molecule has 29 heavy (non-hydrogen) atoms. The molecule has 0 saturated carbocycles. The maximum absolute atomic E-state index is 12.4. The van der Waals surface area contributed by atoms with Gasteiger partial charge in [-0.2, -0.15) is 0 Å².